The highest BCUT2D eigenvalue weighted by atomic mass is 15.1. The molecule has 1 aliphatic heterocycles. The number of likely N-dealkylation sites (tertiary alicyclic amines) is 1. The number of hydrogen-bond acceptors (Lipinski definition) is 3. The fourth-order valence-corrected chi connectivity index (χ4v) is 2.39. The molecule has 0 aromatic carbocycles. The van der Waals surface area contributed by atoms with E-state index in [1.165, 1.54) is 37.9 Å². The number of rotatable bonds is 4. The summed E-state index contributed by atoms with van der Waals surface area (Å²) in [6.45, 7) is 4.26. The molecule has 2 rings (SSSR count). The van der Waals surface area contributed by atoms with E-state index in [1.807, 2.05) is 18.5 Å². The van der Waals surface area contributed by atoms with Crippen LogP contribution in [0.3, 0.4) is 0 Å². The third kappa shape index (κ3) is 3.03. The molecule has 1 aliphatic rings. The second-order valence-electron chi connectivity index (χ2n) is 4.58. The largest absolute Gasteiger partial charge is 0.330 e. The molecule has 16 heavy (non-hydrogen) atoms. The van der Waals surface area contributed by atoms with Crippen LogP contribution < -0.4 is 5.73 Å². The van der Waals surface area contributed by atoms with E-state index in [-0.39, 0.29) is 0 Å². The van der Waals surface area contributed by atoms with Crippen LogP contribution in [0.15, 0.2) is 24.5 Å². The normalized spacial score (nSPS) is 19.6. The lowest BCUT2D eigenvalue weighted by Gasteiger charge is -2.30. The van der Waals surface area contributed by atoms with Crippen molar-refractivity contribution in [3.05, 3.63) is 30.1 Å². The first-order chi connectivity index (χ1) is 7.90. The topological polar surface area (TPSA) is 42.1 Å². The van der Waals surface area contributed by atoms with E-state index in [9.17, 15) is 0 Å². The van der Waals surface area contributed by atoms with Gasteiger partial charge in [0.25, 0.3) is 0 Å². The number of pyridine rings is 1. The summed E-state index contributed by atoms with van der Waals surface area (Å²) in [5.41, 5.74) is 7.14. The molecule has 1 aromatic heterocycles. The van der Waals surface area contributed by atoms with Gasteiger partial charge in [0.2, 0.25) is 0 Å². The van der Waals surface area contributed by atoms with Gasteiger partial charge >= 0.3 is 0 Å². The molecule has 1 atom stereocenters. The summed E-state index contributed by atoms with van der Waals surface area (Å²) in [6.07, 6.45) is 7.82. The first kappa shape index (κ1) is 11.6. The molecular weight excluding hydrogens is 198 g/mol. The van der Waals surface area contributed by atoms with E-state index in [0.29, 0.717) is 12.5 Å². The maximum absolute atomic E-state index is 5.87. The van der Waals surface area contributed by atoms with Gasteiger partial charge in [-0.05, 0) is 37.6 Å². The van der Waals surface area contributed by atoms with Crippen molar-refractivity contribution in [3.8, 4) is 0 Å². The highest BCUT2D eigenvalue weighted by molar-refractivity contribution is 5.15. The Morgan fingerprint density at radius 1 is 1.31 bits per heavy atom. The Kier molecular flexibility index (Phi) is 4.31. The zero-order valence-corrected chi connectivity index (χ0v) is 9.81. The van der Waals surface area contributed by atoms with Crippen molar-refractivity contribution in [2.24, 2.45) is 5.73 Å². The minimum atomic E-state index is 0.437. The van der Waals surface area contributed by atoms with Crippen LogP contribution in [0.25, 0.3) is 0 Å². The molecule has 0 saturated carbocycles. The summed E-state index contributed by atoms with van der Waals surface area (Å²) >= 11 is 0. The van der Waals surface area contributed by atoms with Gasteiger partial charge in [0.1, 0.15) is 0 Å². The van der Waals surface area contributed by atoms with Crippen LogP contribution in [0.1, 0.15) is 30.7 Å². The van der Waals surface area contributed by atoms with Crippen molar-refractivity contribution in [3.63, 3.8) is 0 Å². The van der Waals surface area contributed by atoms with Crippen LogP contribution in [0.4, 0.5) is 0 Å². The van der Waals surface area contributed by atoms with Crippen molar-refractivity contribution in [1.82, 2.24) is 9.88 Å². The predicted molar refractivity (Wildman–Crippen MR) is 66.3 cm³/mol. The van der Waals surface area contributed by atoms with Crippen molar-refractivity contribution in [2.45, 2.75) is 25.2 Å². The number of piperidine rings is 1. The Morgan fingerprint density at radius 2 is 2.12 bits per heavy atom. The van der Waals surface area contributed by atoms with Gasteiger partial charge in [0, 0.05) is 31.4 Å². The Balaban J connectivity index is 1.94. The maximum Gasteiger partial charge on any atom is 0.0303 e. The first-order valence-electron chi connectivity index (χ1n) is 6.22. The van der Waals surface area contributed by atoms with Gasteiger partial charge < -0.3 is 10.6 Å². The smallest absolute Gasteiger partial charge is 0.0303 e. The third-order valence-electron chi connectivity index (χ3n) is 3.37. The number of aromatic nitrogens is 1. The molecule has 2 heterocycles. The van der Waals surface area contributed by atoms with Crippen LogP contribution in [-0.2, 0) is 0 Å². The minimum Gasteiger partial charge on any atom is -0.330 e. The first-order valence-corrected chi connectivity index (χ1v) is 6.22. The molecule has 1 aromatic rings. The molecule has 2 N–H and O–H groups in total. The second kappa shape index (κ2) is 5.97. The van der Waals surface area contributed by atoms with Crippen LogP contribution in [0.2, 0.25) is 0 Å². The quantitative estimate of drug-likeness (QED) is 0.836. The summed E-state index contributed by atoms with van der Waals surface area (Å²) in [5, 5.41) is 0. The summed E-state index contributed by atoms with van der Waals surface area (Å²) in [6, 6.07) is 4.13. The van der Waals surface area contributed by atoms with Crippen LogP contribution in [0.5, 0.6) is 0 Å². The summed E-state index contributed by atoms with van der Waals surface area (Å²) in [7, 11) is 0. The van der Waals surface area contributed by atoms with Crippen molar-refractivity contribution >= 4 is 0 Å². The van der Waals surface area contributed by atoms with Gasteiger partial charge in [-0.25, -0.2) is 0 Å². The monoisotopic (exact) mass is 219 g/mol. The number of nitrogens with zero attached hydrogens (tertiary/aromatic N) is 2. The van der Waals surface area contributed by atoms with Crippen molar-refractivity contribution < 1.29 is 0 Å². The van der Waals surface area contributed by atoms with E-state index in [2.05, 4.69) is 16.0 Å². The van der Waals surface area contributed by atoms with E-state index in [1.54, 1.807) is 0 Å². The van der Waals surface area contributed by atoms with E-state index in [4.69, 9.17) is 5.73 Å². The average Bonchev–Trinajstić information content (AvgIpc) is 2.38. The minimum absolute atomic E-state index is 0.437. The zero-order valence-electron chi connectivity index (χ0n) is 9.81. The molecule has 0 bridgehead atoms. The van der Waals surface area contributed by atoms with E-state index < -0.39 is 0 Å². The maximum atomic E-state index is 5.87. The molecule has 0 amide bonds. The summed E-state index contributed by atoms with van der Waals surface area (Å²) in [5.74, 6) is 0.437. The average molecular weight is 219 g/mol. The molecule has 1 fully saturated rings. The van der Waals surface area contributed by atoms with Gasteiger partial charge in [-0.1, -0.05) is 12.5 Å². The van der Waals surface area contributed by atoms with Gasteiger partial charge in [0.05, 0.1) is 0 Å². The lowest BCUT2D eigenvalue weighted by Crippen LogP contribution is -2.35. The second-order valence-corrected chi connectivity index (χ2v) is 4.58. The zero-order chi connectivity index (χ0) is 11.2. The number of nitrogens with two attached hydrogens (primary N) is 1. The lowest BCUT2D eigenvalue weighted by molar-refractivity contribution is 0.216. The molecular formula is C13H21N3. The Hall–Kier alpha value is -0.930. The molecule has 1 saturated heterocycles. The van der Waals surface area contributed by atoms with E-state index >= 15 is 0 Å². The Morgan fingerprint density at radius 3 is 2.75 bits per heavy atom. The van der Waals surface area contributed by atoms with E-state index in [0.717, 1.165) is 6.54 Å². The highest BCUT2D eigenvalue weighted by Crippen LogP contribution is 2.17. The Bertz CT molecular complexity index is 293. The van der Waals surface area contributed by atoms with Crippen LogP contribution in [-0.4, -0.2) is 36.1 Å². The lowest BCUT2D eigenvalue weighted by atomic mass is 9.99. The van der Waals surface area contributed by atoms with Gasteiger partial charge in [-0.2, -0.15) is 0 Å². The SMILES string of the molecule is NCC(CN1CCCCC1)c1cccnc1. The molecule has 0 radical (unpaired) electrons. The Labute approximate surface area is 97.7 Å². The predicted octanol–water partition coefficient (Wildman–Crippen LogP) is 1.61. The summed E-state index contributed by atoms with van der Waals surface area (Å²) < 4.78 is 0. The van der Waals surface area contributed by atoms with Crippen molar-refractivity contribution in [1.29, 1.82) is 0 Å². The highest BCUT2D eigenvalue weighted by Gasteiger charge is 2.16. The fourth-order valence-electron chi connectivity index (χ4n) is 2.39. The van der Waals surface area contributed by atoms with Crippen molar-refractivity contribution in [2.75, 3.05) is 26.2 Å². The molecule has 1 unspecified atom stereocenters. The fraction of sp³-hybridized carbons (Fsp3) is 0.615. The van der Waals surface area contributed by atoms with Gasteiger partial charge in [-0.3, -0.25) is 4.98 Å². The van der Waals surface area contributed by atoms with Gasteiger partial charge in [-0.15, -0.1) is 0 Å². The molecule has 0 spiro atoms. The van der Waals surface area contributed by atoms with Crippen LogP contribution >= 0.6 is 0 Å². The third-order valence-corrected chi connectivity index (χ3v) is 3.37. The molecule has 3 heteroatoms. The molecule has 3 nitrogen and oxygen atoms in total. The summed E-state index contributed by atoms with van der Waals surface area (Å²) in [4.78, 5) is 6.71. The van der Waals surface area contributed by atoms with Crippen LogP contribution in [0, 0.1) is 0 Å². The number of hydrogen-bond donors (Lipinski definition) is 1. The van der Waals surface area contributed by atoms with Gasteiger partial charge in [0.15, 0.2) is 0 Å². The molecule has 88 valence electrons. The molecule has 0 aliphatic carbocycles. The standard InChI is InChI=1S/C13H21N3/c14-9-13(12-5-4-6-15-10-12)11-16-7-2-1-3-8-16/h4-6,10,13H,1-3,7-9,11,14H2.